The second kappa shape index (κ2) is 4.65. The van der Waals surface area contributed by atoms with Gasteiger partial charge in [-0.05, 0) is 69.8 Å². The summed E-state index contributed by atoms with van der Waals surface area (Å²) >= 11 is 12.3. The van der Waals surface area contributed by atoms with Gasteiger partial charge in [0.05, 0.1) is 10.0 Å². The van der Waals surface area contributed by atoms with E-state index in [4.69, 9.17) is 23.2 Å². The zero-order chi connectivity index (χ0) is 13.7. The number of rotatable bonds is 0. The SMILES string of the molecule is Clc1cc2c(cc1Cl)=c1ccc3c(c1CC=2)CCCC=3. The predicted molar refractivity (Wildman–Crippen MR) is 85.4 cm³/mol. The zero-order valence-corrected chi connectivity index (χ0v) is 12.6. The molecule has 0 bridgehead atoms. The topological polar surface area (TPSA) is 0 Å². The Labute approximate surface area is 127 Å². The lowest BCUT2D eigenvalue weighted by Gasteiger charge is -2.16. The molecule has 0 unspecified atom stereocenters. The molecule has 0 spiro atoms. The average molecular weight is 301 g/mol. The second-order valence-electron chi connectivity index (χ2n) is 5.52. The van der Waals surface area contributed by atoms with Gasteiger partial charge in [-0.2, -0.15) is 0 Å². The smallest absolute Gasteiger partial charge is 0.0598 e. The van der Waals surface area contributed by atoms with Gasteiger partial charge in [-0.3, -0.25) is 0 Å². The zero-order valence-electron chi connectivity index (χ0n) is 11.0. The van der Waals surface area contributed by atoms with E-state index in [1.165, 1.54) is 51.3 Å². The minimum absolute atomic E-state index is 0.635. The van der Waals surface area contributed by atoms with Crippen LogP contribution in [0.15, 0.2) is 24.3 Å². The summed E-state index contributed by atoms with van der Waals surface area (Å²) < 4.78 is 0. The molecule has 4 rings (SSSR count). The molecule has 0 aliphatic heterocycles. The Morgan fingerprint density at radius 2 is 1.65 bits per heavy atom. The van der Waals surface area contributed by atoms with Crippen molar-refractivity contribution in [2.24, 2.45) is 0 Å². The van der Waals surface area contributed by atoms with E-state index in [1.807, 2.05) is 12.1 Å². The van der Waals surface area contributed by atoms with Crippen LogP contribution >= 0.6 is 23.2 Å². The van der Waals surface area contributed by atoms with Crippen molar-refractivity contribution < 1.29 is 0 Å². The molecule has 0 saturated carbocycles. The van der Waals surface area contributed by atoms with Crippen LogP contribution in [0.4, 0.5) is 0 Å². The van der Waals surface area contributed by atoms with Crippen molar-refractivity contribution in [2.75, 3.05) is 0 Å². The fourth-order valence-electron chi connectivity index (χ4n) is 3.40. The molecule has 0 aromatic heterocycles. The van der Waals surface area contributed by atoms with E-state index in [0.29, 0.717) is 10.0 Å². The standard InChI is InChI=1S/C18H14Cl2/c19-17-9-12-6-8-14-13-4-2-1-3-11(13)5-7-15(14)16(12)10-18(17)20/h3,5-7,9-10H,1-2,4,8H2. The van der Waals surface area contributed by atoms with Crippen molar-refractivity contribution in [1.29, 1.82) is 0 Å². The number of benzene rings is 2. The predicted octanol–water partition coefficient (Wildman–Crippen LogP) is 3.73. The first-order valence-electron chi connectivity index (χ1n) is 7.04. The maximum Gasteiger partial charge on any atom is 0.0598 e. The Hall–Kier alpha value is -1.24. The van der Waals surface area contributed by atoms with E-state index in [1.54, 1.807) is 0 Å². The molecule has 0 radical (unpaired) electrons. The summed E-state index contributed by atoms with van der Waals surface area (Å²) in [5, 5.41) is 6.44. The molecule has 0 atom stereocenters. The Kier molecular flexibility index (Phi) is 2.90. The van der Waals surface area contributed by atoms with Crippen molar-refractivity contribution in [2.45, 2.75) is 25.7 Å². The fraction of sp³-hybridized carbons (Fsp3) is 0.222. The lowest BCUT2D eigenvalue weighted by Crippen LogP contribution is -2.19. The van der Waals surface area contributed by atoms with Crippen LogP contribution < -0.4 is 10.4 Å². The summed E-state index contributed by atoms with van der Waals surface area (Å²) in [6.07, 6.45) is 9.29. The third-order valence-corrected chi connectivity index (χ3v) is 5.09. The van der Waals surface area contributed by atoms with Crippen molar-refractivity contribution in [3.05, 3.63) is 66.3 Å². The van der Waals surface area contributed by atoms with Gasteiger partial charge in [-0.15, -0.1) is 0 Å². The van der Waals surface area contributed by atoms with Gasteiger partial charge in [0.2, 0.25) is 0 Å². The summed E-state index contributed by atoms with van der Waals surface area (Å²) in [7, 11) is 0. The first-order valence-corrected chi connectivity index (χ1v) is 7.80. The van der Waals surface area contributed by atoms with E-state index in [-0.39, 0.29) is 0 Å². The van der Waals surface area contributed by atoms with Gasteiger partial charge in [0.25, 0.3) is 0 Å². The number of hydrogen-bond acceptors (Lipinski definition) is 0. The molecule has 100 valence electrons. The summed E-state index contributed by atoms with van der Waals surface area (Å²) in [6, 6.07) is 8.48. The summed E-state index contributed by atoms with van der Waals surface area (Å²) in [4.78, 5) is 0. The van der Waals surface area contributed by atoms with Crippen LogP contribution in [0.1, 0.15) is 24.0 Å². The van der Waals surface area contributed by atoms with Crippen LogP contribution in [0.5, 0.6) is 0 Å². The fourth-order valence-corrected chi connectivity index (χ4v) is 3.73. The van der Waals surface area contributed by atoms with Crippen LogP contribution in [0.25, 0.3) is 12.2 Å². The van der Waals surface area contributed by atoms with E-state index in [0.717, 1.165) is 6.42 Å². The van der Waals surface area contributed by atoms with Gasteiger partial charge in [0.15, 0.2) is 0 Å². The van der Waals surface area contributed by atoms with Crippen LogP contribution in [0, 0.1) is 10.4 Å². The molecule has 0 saturated heterocycles. The molecule has 0 heterocycles. The minimum atomic E-state index is 0.635. The Morgan fingerprint density at radius 3 is 2.55 bits per heavy atom. The Morgan fingerprint density at radius 1 is 0.800 bits per heavy atom. The second-order valence-corrected chi connectivity index (χ2v) is 6.33. The van der Waals surface area contributed by atoms with Gasteiger partial charge in [-0.1, -0.05) is 47.5 Å². The normalized spacial score (nSPS) is 15.5. The number of fused-ring (bicyclic) bond motifs is 4. The quantitative estimate of drug-likeness (QED) is 0.695. The first kappa shape index (κ1) is 12.5. The highest BCUT2D eigenvalue weighted by Crippen LogP contribution is 2.22. The third-order valence-electron chi connectivity index (χ3n) is 4.37. The molecule has 0 nitrogen and oxygen atoms in total. The van der Waals surface area contributed by atoms with Gasteiger partial charge in [0, 0.05) is 0 Å². The highest BCUT2D eigenvalue weighted by molar-refractivity contribution is 6.41. The molecule has 20 heavy (non-hydrogen) atoms. The lowest BCUT2D eigenvalue weighted by molar-refractivity contribution is 0.824. The molecule has 2 aromatic carbocycles. The van der Waals surface area contributed by atoms with Crippen molar-refractivity contribution >= 4 is 35.4 Å². The molecule has 2 aliphatic rings. The van der Waals surface area contributed by atoms with E-state index in [2.05, 4.69) is 24.3 Å². The Balaban J connectivity index is 2.22. The maximum absolute atomic E-state index is 6.20. The molecule has 0 amide bonds. The van der Waals surface area contributed by atoms with Crippen LogP contribution in [0.2, 0.25) is 10.0 Å². The van der Waals surface area contributed by atoms with Gasteiger partial charge < -0.3 is 0 Å². The monoisotopic (exact) mass is 300 g/mol. The molecule has 0 N–H and O–H groups in total. The molecule has 2 aliphatic carbocycles. The lowest BCUT2D eigenvalue weighted by atomic mass is 9.89. The molecular formula is C18H14Cl2. The van der Waals surface area contributed by atoms with E-state index < -0.39 is 0 Å². The first-order chi connectivity index (χ1) is 9.74. The summed E-state index contributed by atoms with van der Waals surface area (Å²) in [5.74, 6) is 0. The van der Waals surface area contributed by atoms with Gasteiger partial charge in [0.1, 0.15) is 0 Å². The van der Waals surface area contributed by atoms with Gasteiger partial charge >= 0.3 is 0 Å². The van der Waals surface area contributed by atoms with Crippen molar-refractivity contribution in [1.82, 2.24) is 0 Å². The molecule has 0 fully saturated rings. The van der Waals surface area contributed by atoms with Crippen molar-refractivity contribution in [3.8, 4) is 0 Å². The van der Waals surface area contributed by atoms with Crippen LogP contribution in [-0.2, 0) is 12.8 Å². The molecule has 2 heteroatoms. The molecule has 2 aromatic rings. The number of halogens is 2. The largest absolute Gasteiger partial charge is 0.0827 e. The van der Waals surface area contributed by atoms with E-state index >= 15 is 0 Å². The summed E-state index contributed by atoms with van der Waals surface area (Å²) in [5.41, 5.74) is 3.01. The minimum Gasteiger partial charge on any atom is -0.0827 e. The van der Waals surface area contributed by atoms with E-state index in [9.17, 15) is 0 Å². The Bertz CT molecular complexity index is 923. The highest BCUT2D eigenvalue weighted by Gasteiger charge is 2.12. The third kappa shape index (κ3) is 1.82. The maximum atomic E-state index is 6.20. The van der Waals surface area contributed by atoms with Crippen LogP contribution in [0.3, 0.4) is 0 Å². The highest BCUT2D eigenvalue weighted by atomic mass is 35.5. The van der Waals surface area contributed by atoms with Crippen LogP contribution in [-0.4, -0.2) is 0 Å². The van der Waals surface area contributed by atoms with Gasteiger partial charge in [-0.25, -0.2) is 0 Å². The average Bonchev–Trinajstić information content (AvgIpc) is 2.48. The number of hydrogen-bond donors (Lipinski definition) is 0. The van der Waals surface area contributed by atoms with Crippen molar-refractivity contribution in [3.63, 3.8) is 0 Å². The summed E-state index contributed by atoms with van der Waals surface area (Å²) in [6.45, 7) is 0. The molecular weight excluding hydrogens is 287 g/mol.